The quantitative estimate of drug-likeness (QED) is 0.403. The van der Waals surface area contributed by atoms with Crippen molar-refractivity contribution in [2.24, 2.45) is 0 Å². The highest BCUT2D eigenvalue weighted by molar-refractivity contribution is 6.34. The summed E-state index contributed by atoms with van der Waals surface area (Å²) in [5.74, 6) is 3.05. The Hall–Kier alpha value is -2.43. The normalized spacial score (nSPS) is 14.7. The molecular formula is C23H28Cl3N5O4. The molecule has 12 heteroatoms. The second-order valence-electron chi connectivity index (χ2n) is 7.82. The summed E-state index contributed by atoms with van der Waals surface area (Å²) in [5, 5.41) is 7.93. The Labute approximate surface area is 221 Å². The molecule has 1 saturated heterocycles. The van der Waals surface area contributed by atoms with Gasteiger partial charge in [0.2, 0.25) is 6.79 Å². The highest BCUT2D eigenvalue weighted by Crippen LogP contribution is 2.45. The largest absolute Gasteiger partial charge is 0.493 e. The number of methoxy groups -OCH3 is 1. The van der Waals surface area contributed by atoms with Crippen molar-refractivity contribution in [2.75, 3.05) is 58.6 Å². The van der Waals surface area contributed by atoms with E-state index < -0.39 is 0 Å². The highest BCUT2D eigenvalue weighted by atomic mass is 35.5. The van der Waals surface area contributed by atoms with Gasteiger partial charge in [0.15, 0.2) is 23.0 Å². The predicted octanol–water partition coefficient (Wildman–Crippen LogP) is 4.28. The molecule has 5 rings (SSSR count). The van der Waals surface area contributed by atoms with E-state index in [1.54, 1.807) is 19.2 Å². The van der Waals surface area contributed by atoms with Crippen LogP contribution in [0.15, 0.2) is 30.6 Å². The third kappa shape index (κ3) is 6.05. The maximum atomic E-state index is 6.43. The SMILES string of the molecule is COc1cc2c(Nc3c(Cl)ccc4c3OCO4)ncnc2cc1OCCCN1CCNCC1.Cl.Cl. The number of hydrogen-bond acceptors (Lipinski definition) is 9. The minimum atomic E-state index is 0. The summed E-state index contributed by atoms with van der Waals surface area (Å²) < 4.78 is 22.7. The van der Waals surface area contributed by atoms with Crippen LogP contribution < -0.4 is 29.6 Å². The molecule has 0 radical (unpaired) electrons. The second kappa shape index (κ2) is 12.5. The molecule has 0 spiro atoms. The Morgan fingerprint density at radius 2 is 1.94 bits per heavy atom. The number of nitrogens with one attached hydrogen (secondary N) is 2. The molecule has 0 atom stereocenters. The molecule has 1 fully saturated rings. The smallest absolute Gasteiger partial charge is 0.231 e. The number of benzene rings is 2. The van der Waals surface area contributed by atoms with Crippen molar-refractivity contribution in [1.82, 2.24) is 20.2 Å². The lowest BCUT2D eigenvalue weighted by atomic mass is 10.2. The van der Waals surface area contributed by atoms with Crippen LogP contribution in [0.5, 0.6) is 23.0 Å². The van der Waals surface area contributed by atoms with Crippen molar-refractivity contribution >= 4 is 58.8 Å². The van der Waals surface area contributed by atoms with Crippen molar-refractivity contribution in [3.05, 3.63) is 35.6 Å². The van der Waals surface area contributed by atoms with Gasteiger partial charge in [0.1, 0.15) is 17.8 Å². The second-order valence-corrected chi connectivity index (χ2v) is 8.22. The number of nitrogens with zero attached hydrogens (tertiary/aromatic N) is 3. The first-order chi connectivity index (χ1) is 16.2. The Morgan fingerprint density at radius 1 is 1.11 bits per heavy atom. The summed E-state index contributed by atoms with van der Waals surface area (Å²) in [6.45, 7) is 6.03. The van der Waals surface area contributed by atoms with Gasteiger partial charge in [-0.1, -0.05) is 11.6 Å². The number of aromatic nitrogens is 2. The first-order valence-corrected chi connectivity index (χ1v) is 11.3. The summed E-state index contributed by atoms with van der Waals surface area (Å²) in [4.78, 5) is 11.3. The zero-order valence-corrected chi connectivity index (χ0v) is 21.6. The van der Waals surface area contributed by atoms with Gasteiger partial charge in [-0.25, -0.2) is 9.97 Å². The van der Waals surface area contributed by atoms with E-state index >= 15 is 0 Å². The van der Waals surface area contributed by atoms with Crippen LogP contribution in [0, 0.1) is 0 Å². The first-order valence-electron chi connectivity index (χ1n) is 11.0. The van der Waals surface area contributed by atoms with E-state index in [4.69, 9.17) is 30.5 Å². The lowest BCUT2D eigenvalue weighted by Crippen LogP contribution is -2.43. The summed E-state index contributed by atoms with van der Waals surface area (Å²) in [6.07, 6.45) is 2.44. The van der Waals surface area contributed by atoms with Crippen molar-refractivity contribution in [3.63, 3.8) is 0 Å². The summed E-state index contributed by atoms with van der Waals surface area (Å²) in [6, 6.07) is 7.29. The van der Waals surface area contributed by atoms with Crippen molar-refractivity contribution < 1.29 is 18.9 Å². The molecule has 2 aliphatic rings. The maximum absolute atomic E-state index is 6.43. The van der Waals surface area contributed by atoms with E-state index in [0.717, 1.165) is 50.0 Å². The van der Waals surface area contributed by atoms with E-state index in [9.17, 15) is 0 Å². The third-order valence-corrected chi connectivity index (χ3v) is 6.05. The molecule has 3 heterocycles. The van der Waals surface area contributed by atoms with Crippen molar-refractivity contribution in [2.45, 2.75) is 6.42 Å². The fourth-order valence-corrected chi connectivity index (χ4v) is 4.22. The van der Waals surface area contributed by atoms with Gasteiger partial charge in [-0.15, -0.1) is 24.8 Å². The van der Waals surface area contributed by atoms with Gasteiger partial charge >= 0.3 is 0 Å². The molecule has 0 bridgehead atoms. The Bertz CT molecular complexity index is 1150. The van der Waals surface area contributed by atoms with Crippen LogP contribution in [0.1, 0.15) is 6.42 Å². The van der Waals surface area contributed by atoms with Gasteiger partial charge in [0, 0.05) is 44.2 Å². The van der Waals surface area contributed by atoms with Gasteiger partial charge < -0.3 is 34.5 Å². The molecule has 35 heavy (non-hydrogen) atoms. The van der Waals surface area contributed by atoms with Gasteiger partial charge in [-0.3, -0.25) is 0 Å². The van der Waals surface area contributed by atoms with Gasteiger partial charge in [0.05, 0.1) is 24.3 Å². The number of hydrogen-bond donors (Lipinski definition) is 2. The number of halogens is 3. The predicted molar refractivity (Wildman–Crippen MR) is 141 cm³/mol. The average molecular weight is 545 g/mol. The summed E-state index contributed by atoms with van der Waals surface area (Å²) in [7, 11) is 1.62. The number of anilines is 2. The lowest BCUT2D eigenvalue weighted by Gasteiger charge is -2.27. The van der Waals surface area contributed by atoms with Crippen LogP contribution in [0.2, 0.25) is 5.02 Å². The molecular weight excluding hydrogens is 517 g/mol. The van der Waals surface area contributed by atoms with E-state index in [1.165, 1.54) is 6.33 Å². The van der Waals surface area contributed by atoms with E-state index in [-0.39, 0.29) is 31.6 Å². The molecule has 0 aliphatic carbocycles. The highest BCUT2D eigenvalue weighted by Gasteiger charge is 2.22. The monoisotopic (exact) mass is 543 g/mol. The molecule has 0 amide bonds. The fraction of sp³-hybridized carbons (Fsp3) is 0.391. The molecule has 2 aliphatic heterocycles. The fourth-order valence-electron chi connectivity index (χ4n) is 4.02. The number of rotatable bonds is 8. The van der Waals surface area contributed by atoms with E-state index in [0.29, 0.717) is 46.1 Å². The molecule has 1 aromatic heterocycles. The average Bonchev–Trinajstić information content (AvgIpc) is 3.33. The Balaban J connectivity index is 0.00000171. The molecule has 190 valence electrons. The van der Waals surface area contributed by atoms with Crippen LogP contribution in [0.4, 0.5) is 11.5 Å². The number of ether oxygens (including phenoxy) is 4. The minimum absolute atomic E-state index is 0. The third-order valence-electron chi connectivity index (χ3n) is 5.74. The zero-order valence-electron chi connectivity index (χ0n) is 19.2. The molecule has 0 unspecified atom stereocenters. The molecule has 0 saturated carbocycles. The van der Waals surface area contributed by atoms with E-state index in [1.807, 2.05) is 12.1 Å². The van der Waals surface area contributed by atoms with Gasteiger partial charge in [-0.2, -0.15) is 0 Å². The Morgan fingerprint density at radius 3 is 2.74 bits per heavy atom. The van der Waals surface area contributed by atoms with Crippen LogP contribution in [-0.2, 0) is 0 Å². The van der Waals surface area contributed by atoms with Crippen LogP contribution in [-0.4, -0.2) is 68.1 Å². The molecule has 2 aromatic carbocycles. The van der Waals surface area contributed by atoms with Crippen LogP contribution in [0.3, 0.4) is 0 Å². The first kappa shape index (κ1) is 27.2. The lowest BCUT2D eigenvalue weighted by molar-refractivity contribution is 0.174. The van der Waals surface area contributed by atoms with Gasteiger partial charge in [-0.05, 0) is 24.6 Å². The zero-order chi connectivity index (χ0) is 22.6. The number of fused-ring (bicyclic) bond motifs is 2. The van der Waals surface area contributed by atoms with E-state index in [2.05, 4.69) is 25.5 Å². The van der Waals surface area contributed by atoms with Crippen molar-refractivity contribution in [3.8, 4) is 23.0 Å². The maximum Gasteiger partial charge on any atom is 0.231 e. The molecule has 2 N–H and O–H groups in total. The Kier molecular flexibility index (Phi) is 9.71. The van der Waals surface area contributed by atoms with Crippen LogP contribution >= 0.6 is 36.4 Å². The minimum Gasteiger partial charge on any atom is -0.493 e. The molecule has 3 aromatic rings. The molecule has 9 nitrogen and oxygen atoms in total. The topological polar surface area (TPSA) is 90.0 Å². The number of piperazine rings is 1. The summed E-state index contributed by atoms with van der Waals surface area (Å²) in [5.41, 5.74) is 1.32. The summed E-state index contributed by atoms with van der Waals surface area (Å²) >= 11 is 6.43. The van der Waals surface area contributed by atoms with Crippen LogP contribution in [0.25, 0.3) is 10.9 Å². The van der Waals surface area contributed by atoms with Gasteiger partial charge in [0.25, 0.3) is 0 Å². The van der Waals surface area contributed by atoms with Crippen molar-refractivity contribution in [1.29, 1.82) is 0 Å². The standard InChI is InChI=1S/C23H26ClN5O4.2ClH/c1-30-19-11-15-17(12-20(19)31-10-2-7-29-8-5-25-6-9-29)26-13-27-23(15)28-21-16(24)3-4-18-22(21)33-14-32-18;;/h3-4,11-13,25H,2,5-10,14H2,1H3,(H,26,27,28);2*1H.